The molecule has 1 N–H and O–H groups in total. The summed E-state index contributed by atoms with van der Waals surface area (Å²) in [4.78, 5) is 19.9. The Hall–Kier alpha value is -2.02. The van der Waals surface area contributed by atoms with E-state index in [0.29, 0.717) is 5.82 Å². The van der Waals surface area contributed by atoms with Crippen LogP contribution in [0, 0.1) is 6.92 Å². The van der Waals surface area contributed by atoms with Gasteiger partial charge in [-0.15, -0.1) is 0 Å². The maximum Gasteiger partial charge on any atom is 0.290 e. The van der Waals surface area contributed by atoms with Gasteiger partial charge in [-0.1, -0.05) is 0 Å². The average molecular weight is 295 g/mol. The Balaban J connectivity index is 2.21. The highest BCUT2D eigenvalue weighted by atomic mass is 32.2. The molecule has 7 heteroatoms. The van der Waals surface area contributed by atoms with Gasteiger partial charge in [0, 0.05) is 12.4 Å². The molecule has 0 aliphatic heterocycles. The first-order chi connectivity index (χ1) is 9.56. The summed E-state index contributed by atoms with van der Waals surface area (Å²) in [5.74, 6) is -2.78. The molecule has 0 aliphatic carbocycles. The van der Waals surface area contributed by atoms with E-state index in [0.717, 1.165) is 5.56 Å². The van der Waals surface area contributed by atoms with E-state index in [1.165, 1.54) is 18.3 Å². The Kier molecular flexibility index (Phi) is 4.62. The smallest absolute Gasteiger partial charge is 0.290 e. The number of hydrogen-bond acceptors (Lipinski definition) is 4. The fourth-order valence-electron chi connectivity index (χ4n) is 1.53. The molecule has 104 valence electrons. The van der Waals surface area contributed by atoms with Gasteiger partial charge in [-0.05, 0) is 48.5 Å². The predicted octanol–water partition coefficient (Wildman–Crippen LogP) is 3.35. The predicted molar refractivity (Wildman–Crippen MR) is 73.0 cm³/mol. The summed E-state index contributed by atoms with van der Waals surface area (Å²) in [5.41, 5.74) is 1.03. The number of rotatable bonds is 4. The molecule has 0 atom stereocenters. The maximum absolute atomic E-state index is 12.4. The van der Waals surface area contributed by atoms with E-state index >= 15 is 0 Å². The normalized spacial score (nSPS) is 10.6. The topological polar surface area (TPSA) is 54.9 Å². The molecule has 0 radical (unpaired) electrons. The van der Waals surface area contributed by atoms with Gasteiger partial charge in [-0.25, -0.2) is 9.97 Å². The number of pyridine rings is 2. The van der Waals surface area contributed by atoms with Crippen LogP contribution in [0.15, 0.2) is 41.7 Å². The molecule has 2 aromatic heterocycles. The van der Waals surface area contributed by atoms with E-state index in [2.05, 4.69) is 15.3 Å². The van der Waals surface area contributed by atoms with Crippen LogP contribution in [-0.4, -0.2) is 21.6 Å². The highest BCUT2D eigenvalue weighted by Gasteiger charge is 2.17. The fraction of sp³-hybridized carbons (Fsp3) is 0.154. The molecule has 0 aliphatic rings. The van der Waals surface area contributed by atoms with Crippen molar-refractivity contribution in [1.82, 2.24) is 9.97 Å². The van der Waals surface area contributed by atoms with Gasteiger partial charge in [-0.2, -0.15) is 8.78 Å². The third-order valence-electron chi connectivity index (χ3n) is 2.37. The second-order valence-corrected chi connectivity index (χ2v) is 4.89. The quantitative estimate of drug-likeness (QED) is 0.879. The molecule has 0 bridgehead atoms. The van der Waals surface area contributed by atoms with E-state index in [9.17, 15) is 13.6 Å². The number of carbonyl (C=O) groups is 1. The summed E-state index contributed by atoms with van der Waals surface area (Å²) in [6.07, 6.45) is 2.93. The van der Waals surface area contributed by atoms with Gasteiger partial charge in [-0.3, -0.25) is 4.79 Å². The second-order valence-electron chi connectivity index (χ2n) is 3.91. The van der Waals surface area contributed by atoms with Crippen molar-refractivity contribution in [2.45, 2.75) is 17.7 Å². The van der Waals surface area contributed by atoms with Crippen LogP contribution in [0.3, 0.4) is 0 Å². The Morgan fingerprint density at radius 2 is 2.10 bits per heavy atom. The molecule has 20 heavy (non-hydrogen) atoms. The van der Waals surface area contributed by atoms with Crippen LogP contribution in [0.4, 0.5) is 14.6 Å². The van der Waals surface area contributed by atoms with Crippen LogP contribution in [0.2, 0.25) is 0 Å². The number of anilines is 1. The summed E-state index contributed by atoms with van der Waals surface area (Å²) < 4.78 is 24.8. The van der Waals surface area contributed by atoms with Crippen molar-refractivity contribution in [3.63, 3.8) is 0 Å². The van der Waals surface area contributed by atoms with Crippen LogP contribution >= 0.6 is 11.8 Å². The minimum Gasteiger partial charge on any atom is -0.306 e. The molecule has 0 unspecified atom stereocenters. The van der Waals surface area contributed by atoms with Crippen LogP contribution in [-0.2, 0) is 0 Å². The van der Waals surface area contributed by atoms with E-state index in [1.807, 2.05) is 6.92 Å². The Bertz CT molecular complexity index is 622. The van der Waals surface area contributed by atoms with Crippen molar-refractivity contribution in [1.29, 1.82) is 0 Å². The molecular weight excluding hydrogens is 284 g/mol. The minimum absolute atomic E-state index is 0.00680. The highest BCUT2D eigenvalue weighted by Crippen LogP contribution is 2.26. The van der Waals surface area contributed by atoms with Crippen molar-refractivity contribution in [2.24, 2.45) is 0 Å². The third kappa shape index (κ3) is 3.74. The summed E-state index contributed by atoms with van der Waals surface area (Å²) in [6, 6.07) is 6.45. The number of aromatic nitrogens is 2. The van der Waals surface area contributed by atoms with E-state index in [1.54, 1.807) is 18.3 Å². The number of nitrogens with one attached hydrogen (secondary N) is 1. The molecular formula is C13H11F2N3OS. The maximum atomic E-state index is 12.4. The standard InChI is InChI=1S/C13H11F2N3OS/c1-8-4-6-16-10(7-8)18-11(19)9-3-2-5-17-12(9)20-13(14)15/h2-7,13H,1H3,(H,16,18,19). The average Bonchev–Trinajstić information content (AvgIpc) is 2.38. The SMILES string of the molecule is Cc1ccnc(NC(=O)c2cccnc2SC(F)F)c1. The van der Waals surface area contributed by atoms with Gasteiger partial charge < -0.3 is 5.32 Å². The lowest BCUT2D eigenvalue weighted by Gasteiger charge is -2.08. The molecule has 0 saturated heterocycles. The monoisotopic (exact) mass is 295 g/mol. The van der Waals surface area contributed by atoms with Crippen molar-refractivity contribution in [2.75, 3.05) is 5.32 Å². The number of hydrogen-bond donors (Lipinski definition) is 1. The van der Waals surface area contributed by atoms with E-state index in [-0.39, 0.29) is 22.4 Å². The molecule has 0 fully saturated rings. The Morgan fingerprint density at radius 1 is 1.30 bits per heavy atom. The van der Waals surface area contributed by atoms with Gasteiger partial charge in [0.15, 0.2) is 0 Å². The molecule has 0 saturated carbocycles. The third-order valence-corrected chi connectivity index (χ3v) is 3.10. The van der Waals surface area contributed by atoms with Crippen LogP contribution in [0.1, 0.15) is 15.9 Å². The van der Waals surface area contributed by atoms with Crippen LogP contribution in [0.25, 0.3) is 0 Å². The highest BCUT2D eigenvalue weighted by molar-refractivity contribution is 7.99. The first-order valence-electron chi connectivity index (χ1n) is 5.70. The van der Waals surface area contributed by atoms with Crippen molar-refractivity contribution in [3.8, 4) is 0 Å². The Labute approximate surface area is 118 Å². The molecule has 1 amide bonds. The zero-order valence-corrected chi connectivity index (χ0v) is 11.3. The van der Waals surface area contributed by atoms with Gasteiger partial charge in [0.05, 0.1) is 5.56 Å². The minimum atomic E-state index is -2.63. The van der Waals surface area contributed by atoms with Crippen molar-refractivity contribution in [3.05, 3.63) is 47.8 Å². The van der Waals surface area contributed by atoms with Gasteiger partial charge in [0.25, 0.3) is 11.7 Å². The molecule has 2 rings (SSSR count). The number of amides is 1. The van der Waals surface area contributed by atoms with Crippen molar-refractivity contribution >= 4 is 23.5 Å². The molecule has 4 nitrogen and oxygen atoms in total. The summed E-state index contributed by atoms with van der Waals surface area (Å²) in [7, 11) is 0. The lowest BCUT2D eigenvalue weighted by atomic mass is 10.2. The number of aryl methyl sites for hydroxylation is 1. The molecule has 2 aromatic rings. The number of alkyl halides is 2. The second kappa shape index (κ2) is 6.42. The lowest BCUT2D eigenvalue weighted by Crippen LogP contribution is -2.14. The zero-order chi connectivity index (χ0) is 14.5. The van der Waals surface area contributed by atoms with E-state index in [4.69, 9.17) is 0 Å². The van der Waals surface area contributed by atoms with Crippen LogP contribution < -0.4 is 5.32 Å². The number of halogens is 2. The summed E-state index contributed by atoms with van der Waals surface area (Å²) in [5, 5.41) is 2.56. The lowest BCUT2D eigenvalue weighted by molar-refractivity contribution is 0.102. The number of nitrogens with zero attached hydrogens (tertiary/aromatic N) is 2. The van der Waals surface area contributed by atoms with Gasteiger partial charge in [0.2, 0.25) is 0 Å². The van der Waals surface area contributed by atoms with Gasteiger partial charge in [0.1, 0.15) is 10.8 Å². The number of thioether (sulfide) groups is 1. The Morgan fingerprint density at radius 3 is 2.80 bits per heavy atom. The summed E-state index contributed by atoms with van der Waals surface area (Å²) in [6.45, 7) is 1.86. The zero-order valence-electron chi connectivity index (χ0n) is 10.5. The molecule has 0 aromatic carbocycles. The first-order valence-corrected chi connectivity index (χ1v) is 6.58. The fourth-order valence-corrected chi connectivity index (χ4v) is 2.11. The van der Waals surface area contributed by atoms with Crippen LogP contribution in [0.5, 0.6) is 0 Å². The van der Waals surface area contributed by atoms with Crippen molar-refractivity contribution < 1.29 is 13.6 Å². The number of carbonyl (C=O) groups excluding carboxylic acids is 1. The largest absolute Gasteiger partial charge is 0.306 e. The molecule has 2 heterocycles. The first kappa shape index (κ1) is 14.4. The van der Waals surface area contributed by atoms with E-state index < -0.39 is 11.7 Å². The molecule has 0 spiro atoms. The van der Waals surface area contributed by atoms with Gasteiger partial charge >= 0.3 is 0 Å². The summed E-state index contributed by atoms with van der Waals surface area (Å²) >= 11 is 0.241.